The van der Waals surface area contributed by atoms with Gasteiger partial charge in [-0.3, -0.25) is 0 Å². The van der Waals surface area contributed by atoms with Gasteiger partial charge in [-0.1, -0.05) is 60.7 Å². The lowest BCUT2D eigenvalue weighted by Crippen LogP contribution is -2.08. The first-order valence-corrected chi connectivity index (χ1v) is 5.62. The Labute approximate surface area is 97.8 Å². The Balaban J connectivity index is 3.00. The Hall–Kier alpha value is -0.0600. The predicted molar refractivity (Wildman–Crippen MR) is 61.4 cm³/mol. The molecule has 0 aliphatic heterocycles. The summed E-state index contributed by atoms with van der Waals surface area (Å²) in [4.78, 5) is 0. The summed E-state index contributed by atoms with van der Waals surface area (Å²) in [5, 5.41) is 12.5. The molecule has 0 radical (unpaired) electrons. The van der Waals surface area contributed by atoms with Crippen LogP contribution in [0.2, 0.25) is 5.02 Å². The zero-order valence-electron chi connectivity index (χ0n) is 6.42. The van der Waals surface area contributed by atoms with Gasteiger partial charge in [-0.25, -0.2) is 0 Å². The molecule has 1 rings (SSSR count). The molecule has 13 heavy (non-hydrogen) atoms. The largest absolute Gasteiger partial charge is 0.411 e. The van der Waals surface area contributed by atoms with Crippen molar-refractivity contribution in [2.75, 3.05) is 0 Å². The number of oxime groups is 1. The zero-order valence-corrected chi connectivity index (χ0v) is 10.3. The first-order chi connectivity index (χ1) is 6.15. The molecule has 0 aromatic heterocycles. The third-order valence-electron chi connectivity index (χ3n) is 1.45. The van der Waals surface area contributed by atoms with E-state index in [2.05, 4.69) is 37.0 Å². The fraction of sp³-hybridized carbons (Fsp3) is 0.125. The standard InChI is InChI=1S/C8H6Br2ClNO/c9-8(10)7(12-13)5-1-3-6(11)4-2-5/h1-4,8,13H/b12-7-. The van der Waals surface area contributed by atoms with Crippen molar-refractivity contribution in [3.63, 3.8) is 0 Å². The van der Waals surface area contributed by atoms with E-state index in [1.807, 2.05) is 0 Å². The molecule has 0 heterocycles. The van der Waals surface area contributed by atoms with Crippen molar-refractivity contribution < 1.29 is 5.21 Å². The van der Waals surface area contributed by atoms with Crippen molar-refractivity contribution >= 4 is 49.2 Å². The molecule has 0 fully saturated rings. The summed E-state index contributed by atoms with van der Waals surface area (Å²) in [6.07, 6.45) is 0. The molecule has 0 aliphatic rings. The highest BCUT2D eigenvalue weighted by molar-refractivity contribution is 9.25. The van der Waals surface area contributed by atoms with Crippen LogP contribution in [-0.2, 0) is 0 Å². The van der Waals surface area contributed by atoms with E-state index in [9.17, 15) is 0 Å². The molecule has 1 aromatic rings. The van der Waals surface area contributed by atoms with Gasteiger partial charge in [0.15, 0.2) is 0 Å². The Kier molecular flexibility index (Phi) is 4.22. The molecular weight excluding hydrogens is 321 g/mol. The van der Waals surface area contributed by atoms with Crippen LogP contribution in [0, 0.1) is 0 Å². The second-order valence-electron chi connectivity index (χ2n) is 2.29. The summed E-state index contributed by atoms with van der Waals surface area (Å²) < 4.78 is -0.175. The van der Waals surface area contributed by atoms with E-state index in [1.54, 1.807) is 24.3 Å². The van der Waals surface area contributed by atoms with Gasteiger partial charge >= 0.3 is 0 Å². The predicted octanol–water partition coefficient (Wildman–Crippen LogP) is 3.63. The zero-order chi connectivity index (χ0) is 9.84. The average molecular weight is 327 g/mol. The molecule has 1 N–H and O–H groups in total. The van der Waals surface area contributed by atoms with Crippen LogP contribution in [0.25, 0.3) is 0 Å². The quantitative estimate of drug-likeness (QED) is 0.382. The molecule has 0 unspecified atom stereocenters. The summed E-state index contributed by atoms with van der Waals surface area (Å²) in [5.74, 6) is 0. The highest BCUT2D eigenvalue weighted by atomic mass is 79.9. The molecule has 2 nitrogen and oxygen atoms in total. The van der Waals surface area contributed by atoms with Gasteiger partial charge in [0, 0.05) is 10.6 Å². The van der Waals surface area contributed by atoms with Crippen molar-refractivity contribution in [1.82, 2.24) is 0 Å². The van der Waals surface area contributed by atoms with Crippen LogP contribution in [0.15, 0.2) is 29.4 Å². The van der Waals surface area contributed by atoms with Crippen LogP contribution in [0.3, 0.4) is 0 Å². The van der Waals surface area contributed by atoms with Gasteiger partial charge in [-0.2, -0.15) is 0 Å². The number of hydrogen-bond donors (Lipinski definition) is 1. The van der Waals surface area contributed by atoms with Crippen LogP contribution in [0.1, 0.15) is 5.56 Å². The maximum Gasteiger partial charge on any atom is 0.116 e. The number of alkyl halides is 2. The molecule has 0 bridgehead atoms. The molecule has 70 valence electrons. The molecular formula is C8H6Br2ClNO. The van der Waals surface area contributed by atoms with Gasteiger partial charge in [0.1, 0.15) is 9.45 Å². The molecule has 5 heteroatoms. The molecule has 0 saturated carbocycles. The number of hydrogen-bond acceptors (Lipinski definition) is 2. The number of nitrogens with zero attached hydrogens (tertiary/aromatic N) is 1. The molecule has 0 saturated heterocycles. The second kappa shape index (κ2) is 4.98. The first-order valence-electron chi connectivity index (χ1n) is 3.41. The van der Waals surface area contributed by atoms with E-state index in [0.717, 1.165) is 5.56 Å². The Bertz CT molecular complexity index is 310. The van der Waals surface area contributed by atoms with Crippen LogP contribution in [-0.4, -0.2) is 14.7 Å². The average Bonchev–Trinajstić information content (AvgIpc) is 2.09. The maximum atomic E-state index is 8.71. The highest BCUT2D eigenvalue weighted by Crippen LogP contribution is 2.18. The van der Waals surface area contributed by atoms with Gasteiger partial charge in [0.25, 0.3) is 0 Å². The monoisotopic (exact) mass is 325 g/mol. The smallest absolute Gasteiger partial charge is 0.116 e. The van der Waals surface area contributed by atoms with Crippen LogP contribution in [0.4, 0.5) is 0 Å². The van der Waals surface area contributed by atoms with Gasteiger partial charge in [0.2, 0.25) is 0 Å². The normalized spacial score (nSPS) is 12.2. The highest BCUT2D eigenvalue weighted by Gasteiger charge is 2.11. The van der Waals surface area contributed by atoms with Crippen LogP contribution in [0.5, 0.6) is 0 Å². The van der Waals surface area contributed by atoms with Gasteiger partial charge in [0.05, 0.1) is 0 Å². The minimum Gasteiger partial charge on any atom is -0.411 e. The third-order valence-corrected chi connectivity index (χ3v) is 2.57. The minimum absolute atomic E-state index is 0.175. The minimum atomic E-state index is -0.175. The van der Waals surface area contributed by atoms with E-state index >= 15 is 0 Å². The van der Waals surface area contributed by atoms with E-state index in [4.69, 9.17) is 16.8 Å². The fourth-order valence-corrected chi connectivity index (χ4v) is 1.69. The van der Waals surface area contributed by atoms with Crippen LogP contribution < -0.4 is 0 Å². The van der Waals surface area contributed by atoms with Gasteiger partial charge < -0.3 is 5.21 Å². The van der Waals surface area contributed by atoms with Crippen molar-refractivity contribution in [2.45, 2.75) is 3.74 Å². The van der Waals surface area contributed by atoms with E-state index in [1.165, 1.54) is 0 Å². The summed E-state index contributed by atoms with van der Waals surface area (Å²) >= 11 is 12.2. The number of halogens is 3. The van der Waals surface area contributed by atoms with Crippen molar-refractivity contribution in [2.24, 2.45) is 5.16 Å². The molecule has 0 spiro atoms. The Morgan fingerprint density at radius 3 is 2.23 bits per heavy atom. The first kappa shape index (κ1) is 11.0. The van der Waals surface area contributed by atoms with Gasteiger partial charge in [-0.05, 0) is 12.1 Å². The second-order valence-corrected chi connectivity index (χ2v) is 5.79. The van der Waals surface area contributed by atoms with Crippen molar-refractivity contribution in [1.29, 1.82) is 0 Å². The number of rotatable bonds is 2. The molecule has 0 aliphatic carbocycles. The lowest BCUT2D eigenvalue weighted by Gasteiger charge is -2.04. The maximum absolute atomic E-state index is 8.71. The fourth-order valence-electron chi connectivity index (χ4n) is 0.848. The summed E-state index contributed by atoms with van der Waals surface area (Å²) in [5.41, 5.74) is 1.32. The Morgan fingerprint density at radius 2 is 1.85 bits per heavy atom. The third kappa shape index (κ3) is 2.97. The van der Waals surface area contributed by atoms with E-state index in [-0.39, 0.29) is 3.74 Å². The van der Waals surface area contributed by atoms with Crippen LogP contribution >= 0.6 is 43.5 Å². The number of benzene rings is 1. The van der Waals surface area contributed by atoms with E-state index < -0.39 is 0 Å². The topological polar surface area (TPSA) is 32.6 Å². The van der Waals surface area contributed by atoms with Gasteiger partial charge in [-0.15, -0.1) is 0 Å². The van der Waals surface area contributed by atoms with E-state index in [0.29, 0.717) is 10.7 Å². The molecule has 0 amide bonds. The van der Waals surface area contributed by atoms with Crippen molar-refractivity contribution in [3.8, 4) is 0 Å². The van der Waals surface area contributed by atoms with Crippen molar-refractivity contribution in [3.05, 3.63) is 34.9 Å². The lowest BCUT2D eigenvalue weighted by molar-refractivity contribution is 0.319. The summed E-state index contributed by atoms with van der Waals surface area (Å²) in [7, 11) is 0. The molecule has 1 aromatic carbocycles. The molecule has 0 atom stereocenters. The SMILES string of the molecule is O/N=C(/c1ccc(Cl)cc1)C(Br)Br. The summed E-state index contributed by atoms with van der Waals surface area (Å²) in [6.45, 7) is 0. The lowest BCUT2D eigenvalue weighted by atomic mass is 10.1. The Morgan fingerprint density at radius 1 is 1.31 bits per heavy atom. The summed E-state index contributed by atoms with van der Waals surface area (Å²) in [6, 6.07) is 7.05.